The second-order valence-corrected chi connectivity index (χ2v) is 4.32. The third-order valence-electron chi connectivity index (χ3n) is 3.03. The van der Waals surface area contributed by atoms with Gasteiger partial charge in [0.25, 0.3) is 0 Å². The molecular weight excluding hydrogens is 198 g/mol. The van der Waals surface area contributed by atoms with Crippen molar-refractivity contribution in [1.29, 1.82) is 0 Å². The highest BCUT2D eigenvalue weighted by molar-refractivity contribution is 5.22. The van der Waals surface area contributed by atoms with Crippen molar-refractivity contribution in [1.82, 2.24) is 5.32 Å². The van der Waals surface area contributed by atoms with Gasteiger partial charge in [-0.1, -0.05) is 36.4 Å². The summed E-state index contributed by atoms with van der Waals surface area (Å²) in [6, 6.07) is 8.64. The second kappa shape index (κ2) is 5.83. The number of benzene rings is 1. The van der Waals surface area contributed by atoms with Crippen LogP contribution >= 0.6 is 0 Å². The highest BCUT2D eigenvalue weighted by atomic mass is 16.3. The summed E-state index contributed by atoms with van der Waals surface area (Å²) < 4.78 is 0. The Morgan fingerprint density at radius 2 is 1.94 bits per heavy atom. The number of aliphatic hydroxyl groups is 1. The van der Waals surface area contributed by atoms with Gasteiger partial charge in [0.05, 0.1) is 6.61 Å². The summed E-state index contributed by atoms with van der Waals surface area (Å²) in [5.41, 5.74) is 2.25. The summed E-state index contributed by atoms with van der Waals surface area (Å²) in [5.74, 6) is 0. The molecule has 0 bridgehead atoms. The molecule has 2 N–H and O–H groups in total. The van der Waals surface area contributed by atoms with Gasteiger partial charge >= 0.3 is 0 Å². The van der Waals surface area contributed by atoms with Crippen LogP contribution in [0.1, 0.15) is 30.4 Å². The van der Waals surface area contributed by atoms with E-state index in [2.05, 4.69) is 29.6 Å². The third-order valence-corrected chi connectivity index (χ3v) is 3.03. The van der Waals surface area contributed by atoms with Crippen molar-refractivity contribution in [3.8, 4) is 0 Å². The van der Waals surface area contributed by atoms with E-state index >= 15 is 0 Å². The van der Waals surface area contributed by atoms with E-state index in [1.165, 1.54) is 24.8 Å². The normalized spacial score (nSPS) is 19.9. The zero-order chi connectivity index (χ0) is 11.2. The van der Waals surface area contributed by atoms with Gasteiger partial charge in [0.2, 0.25) is 0 Å². The van der Waals surface area contributed by atoms with Crippen molar-refractivity contribution in [3.05, 3.63) is 47.5 Å². The number of hydrogen-bond acceptors (Lipinski definition) is 2. The van der Waals surface area contributed by atoms with Crippen LogP contribution in [-0.2, 0) is 13.2 Å². The maximum absolute atomic E-state index is 8.94. The molecule has 1 atom stereocenters. The largest absolute Gasteiger partial charge is 0.392 e. The summed E-state index contributed by atoms with van der Waals surface area (Å²) in [7, 11) is 0. The Hall–Kier alpha value is -1.12. The first-order valence-electron chi connectivity index (χ1n) is 5.97. The molecule has 1 aromatic carbocycles. The molecule has 0 fully saturated rings. The van der Waals surface area contributed by atoms with E-state index in [1.54, 1.807) is 0 Å². The molecule has 0 heterocycles. The molecule has 86 valence electrons. The summed E-state index contributed by atoms with van der Waals surface area (Å²) in [5, 5.41) is 12.5. The minimum absolute atomic E-state index is 0.124. The van der Waals surface area contributed by atoms with E-state index in [0.29, 0.717) is 6.04 Å². The standard InChI is InChI=1S/C14H19NO/c16-11-13-8-6-12(7-9-13)10-15-14-4-2-1-3-5-14/h2,4,6-9,14-16H,1,3,5,10-11H2. The lowest BCUT2D eigenvalue weighted by atomic mass is 10.0. The van der Waals surface area contributed by atoms with Crippen LogP contribution in [-0.4, -0.2) is 11.1 Å². The fourth-order valence-corrected chi connectivity index (χ4v) is 1.99. The average molecular weight is 217 g/mol. The van der Waals surface area contributed by atoms with Gasteiger partial charge < -0.3 is 10.4 Å². The number of allylic oxidation sites excluding steroid dienone is 1. The van der Waals surface area contributed by atoms with Crippen LogP contribution in [0.2, 0.25) is 0 Å². The van der Waals surface area contributed by atoms with E-state index in [0.717, 1.165) is 12.1 Å². The van der Waals surface area contributed by atoms with Crippen LogP contribution < -0.4 is 5.32 Å². The topological polar surface area (TPSA) is 32.3 Å². The van der Waals surface area contributed by atoms with Crippen molar-refractivity contribution in [2.75, 3.05) is 0 Å². The monoisotopic (exact) mass is 217 g/mol. The van der Waals surface area contributed by atoms with E-state index in [1.807, 2.05) is 12.1 Å². The molecule has 0 radical (unpaired) electrons. The van der Waals surface area contributed by atoms with Crippen molar-refractivity contribution in [2.45, 2.75) is 38.5 Å². The van der Waals surface area contributed by atoms with Gasteiger partial charge in [0.1, 0.15) is 0 Å². The third kappa shape index (κ3) is 3.19. The summed E-state index contributed by atoms with van der Waals surface area (Å²) in [4.78, 5) is 0. The van der Waals surface area contributed by atoms with Gasteiger partial charge in [-0.15, -0.1) is 0 Å². The molecule has 1 aliphatic carbocycles. The van der Waals surface area contributed by atoms with E-state index in [-0.39, 0.29) is 6.61 Å². The van der Waals surface area contributed by atoms with Crippen LogP contribution in [0, 0.1) is 0 Å². The number of nitrogens with one attached hydrogen (secondary N) is 1. The summed E-state index contributed by atoms with van der Waals surface area (Å²) in [6.45, 7) is 1.03. The Morgan fingerprint density at radius 3 is 2.56 bits per heavy atom. The molecule has 2 rings (SSSR count). The van der Waals surface area contributed by atoms with Crippen molar-refractivity contribution >= 4 is 0 Å². The van der Waals surface area contributed by atoms with Crippen LogP contribution in [0.4, 0.5) is 0 Å². The Labute approximate surface area is 97.0 Å². The number of hydrogen-bond donors (Lipinski definition) is 2. The van der Waals surface area contributed by atoms with Crippen molar-refractivity contribution in [3.63, 3.8) is 0 Å². The Balaban J connectivity index is 1.84. The zero-order valence-electron chi connectivity index (χ0n) is 9.52. The molecule has 0 aliphatic heterocycles. The molecular formula is C14H19NO. The average Bonchev–Trinajstić information content (AvgIpc) is 2.38. The fraction of sp³-hybridized carbons (Fsp3) is 0.429. The lowest BCUT2D eigenvalue weighted by molar-refractivity contribution is 0.282. The molecule has 1 aliphatic rings. The molecule has 0 aromatic heterocycles. The predicted molar refractivity (Wildman–Crippen MR) is 66.0 cm³/mol. The quantitative estimate of drug-likeness (QED) is 0.759. The molecule has 1 unspecified atom stereocenters. The lowest BCUT2D eigenvalue weighted by Crippen LogP contribution is -2.27. The zero-order valence-corrected chi connectivity index (χ0v) is 9.52. The molecule has 0 saturated carbocycles. The van der Waals surface area contributed by atoms with Gasteiger partial charge in [0, 0.05) is 12.6 Å². The number of aliphatic hydroxyl groups excluding tert-OH is 1. The van der Waals surface area contributed by atoms with Crippen LogP contribution in [0.5, 0.6) is 0 Å². The van der Waals surface area contributed by atoms with Gasteiger partial charge in [0.15, 0.2) is 0 Å². The molecule has 1 aromatic rings. The lowest BCUT2D eigenvalue weighted by Gasteiger charge is -2.18. The maximum Gasteiger partial charge on any atom is 0.0681 e. The van der Waals surface area contributed by atoms with Gasteiger partial charge in [-0.2, -0.15) is 0 Å². The maximum atomic E-state index is 8.94. The summed E-state index contributed by atoms with van der Waals surface area (Å²) >= 11 is 0. The minimum Gasteiger partial charge on any atom is -0.392 e. The number of rotatable bonds is 4. The first kappa shape index (κ1) is 11.4. The molecule has 16 heavy (non-hydrogen) atoms. The van der Waals surface area contributed by atoms with Crippen molar-refractivity contribution in [2.24, 2.45) is 0 Å². The smallest absolute Gasteiger partial charge is 0.0681 e. The van der Waals surface area contributed by atoms with Crippen LogP contribution in [0.15, 0.2) is 36.4 Å². The van der Waals surface area contributed by atoms with Gasteiger partial charge in [-0.05, 0) is 30.4 Å². The Bertz CT molecular complexity index is 342. The Kier molecular flexibility index (Phi) is 4.14. The first-order valence-corrected chi connectivity index (χ1v) is 5.97. The molecule has 2 nitrogen and oxygen atoms in total. The second-order valence-electron chi connectivity index (χ2n) is 4.32. The van der Waals surface area contributed by atoms with Crippen LogP contribution in [0.25, 0.3) is 0 Å². The van der Waals surface area contributed by atoms with E-state index < -0.39 is 0 Å². The Morgan fingerprint density at radius 1 is 1.19 bits per heavy atom. The molecule has 0 spiro atoms. The van der Waals surface area contributed by atoms with Gasteiger partial charge in [-0.3, -0.25) is 0 Å². The predicted octanol–water partition coefficient (Wildman–Crippen LogP) is 2.38. The SMILES string of the molecule is OCc1ccc(CNC2C=CCCC2)cc1. The molecule has 2 heteroatoms. The van der Waals surface area contributed by atoms with Crippen LogP contribution in [0.3, 0.4) is 0 Å². The van der Waals surface area contributed by atoms with E-state index in [4.69, 9.17) is 5.11 Å². The van der Waals surface area contributed by atoms with Gasteiger partial charge in [-0.25, -0.2) is 0 Å². The molecule has 0 saturated heterocycles. The van der Waals surface area contributed by atoms with E-state index in [9.17, 15) is 0 Å². The van der Waals surface area contributed by atoms with Crippen molar-refractivity contribution < 1.29 is 5.11 Å². The highest BCUT2D eigenvalue weighted by Crippen LogP contribution is 2.11. The molecule has 0 amide bonds. The first-order chi connectivity index (χ1) is 7.88. The fourth-order valence-electron chi connectivity index (χ4n) is 1.99. The summed E-state index contributed by atoms with van der Waals surface area (Å²) in [6.07, 6.45) is 8.29. The minimum atomic E-state index is 0.124. The highest BCUT2D eigenvalue weighted by Gasteiger charge is 2.06.